The van der Waals surface area contributed by atoms with E-state index >= 15 is 0 Å². The zero-order valence-corrected chi connectivity index (χ0v) is 8.56. The Morgan fingerprint density at radius 2 is 2.46 bits per heavy atom. The molecule has 1 rings (SSSR count). The number of carbonyl (C=O) groups is 1. The van der Waals surface area contributed by atoms with Gasteiger partial charge in [0.15, 0.2) is 0 Å². The van der Waals surface area contributed by atoms with Crippen LogP contribution in [0.15, 0.2) is 17.5 Å². The zero-order chi connectivity index (χ0) is 9.68. The highest BCUT2D eigenvalue weighted by molar-refractivity contribution is 7.11. The quantitative estimate of drug-likeness (QED) is 0.548. The van der Waals surface area contributed by atoms with Gasteiger partial charge in [0.1, 0.15) is 0 Å². The molecule has 0 amide bonds. The van der Waals surface area contributed by atoms with Crippen molar-refractivity contribution < 1.29 is 9.53 Å². The molecule has 0 spiro atoms. The van der Waals surface area contributed by atoms with Gasteiger partial charge in [-0.1, -0.05) is 0 Å². The third kappa shape index (κ3) is 3.03. The van der Waals surface area contributed by atoms with Crippen LogP contribution in [-0.4, -0.2) is 12.6 Å². The SMILES string of the molecule is CCOC(=O)C=Cc1sccc1C. The van der Waals surface area contributed by atoms with Crippen molar-refractivity contribution in [3.05, 3.63) is 28.0 Å². The standard InChI is InChI=1S/C10H12O2S/c1-3-12-10(11)5-4-9-8(2)6-7-13-9/h4-7H,3H2,1-2H3. The average molecular weight is 196 g/mol. The molecule has 13 heavy (non-hydrogen) atoms. The molecule has 0 unspecified atom stereocenters. The Hall–Kier alpha value is -1.09. The van der Waals surface area contributed by atoms with Crippen molar-refractivity contribution in [2.45, 2.75) is 13.8 Å². The maximum atomic E-state index is 10.9. The highest BCUT2D eigenvalue weighted by atomic mass is 32.1. The minimum absolute atomic E-state index is 0.282. The second-order valence-electron chi connectivity index (χ2n) is 2.55. The molecule has 0 fully saturated rings. The Kier molecular flexibility index (Phi) is 3.71. The molecule has 0 saturated heterocycles. The summed E-state index contributed by atoms with van der Waals surface area (Å²) in [5.41, 5.74) is 1.19. The van der Waals surface area contributed by atoms with Crippen molar-refractivity contribution in [3.63, 3.8) is 0 Å². The van der Waals surface area contributed by atoms with Gasteiger partial charge in [0.05, 0.1) is 6.61 Å². The van der Waals surface area contributed by atoms with Gasteiger partial charge >= 0.3 is 5.97 Å². The first kappa shape index (κ1) is 9.99. The van der Waals surface area contributed by atoms with Gasteiger partial charge in [-0.15, -0.1) is 11.3 Å². The summed E-state index contributed by atoms with van der Waals surface area (Å²) in [5, 5.41) is 2.00. The highest BCUT2D eigenvalue weighted by Gasteiger charge is 1.97. The van der Waals surface area contributed by atoms with Crippen LogP contribution in [0.4, 0.5) is 0 Å². The molecule has 70 valence electrons. The Labute approximate surface area is 81.8 Å². The van der Waals surface area contributed by atoms with Crippen molar-refractivity contribution in [1.82, 2.24) is 0 Å². The Bertz CT molecular complexity index is 312. The number of aryl methyl sites for hydroxylation is 1. The van der Waals surface area contributed by atoms with Crippen LogP contribution in [0, 0.1) is 6.92 Å². The predicted molar refractivity (Wildman–Crippen MR) is 54.7 cm³/mol. The topological polar surface area (TPSA) is 26.3 Å². The molecule has 3 heteroatoms. The number of esters is 1. The van der Waals surface area contributed by atoms with Crippen molar-refractivity contribution in [1.29, 1.82) is 0 Å². The molecular formula is C10H12O2S. The van der Waals surface area contributed by atoms with Gasteiger partial charge in [-0.2, -0.15) is 0 Å². The Morgan fingerprint density at radius 3 is 3.00 bits per heavy atom. The summed E-state index contributed by atoms with van der Waals surface area (Å²) < 4.78 is 4.76. The lowest BCUT2D eigenvalue weighted by molar-refractivity contribution is -0.137. The summed E-state index contributed by atoms with van der Waals surface area (Å²) in [7, 11) is 0. The summed E-state index contributed by atoms with van der Waals surface area (Å²) in [6.07, 6.45) is 3.25. The van der Waals surface area contributed by atoms with Crippen LogP contribution in [0.1, 0.15) is 17.4 Å². The van der Waals surface area contributed by atoms with Crippen LogP contribution in [0.2, 0.25) is 0 Å². The number of ether oxygens (including phenoxy) is 1. The number of hydrogen-bond acceptors (Lipinski definition) is 3. The minimum atomic E-state index is -0.282. The van der Waals surface area contributed by atoms with E-state index in [4.69, 9.17) is 4.74 Å². The molecule has 0 radical (unpaired) electrons. The van der Waals surface area contributed by atoms with Crippen LogP contribution in [-0.2, 0) is 9.53 Å². The van der Waals surface area contributed by atoms with E-state index in [0.717, 1.165) is 4.88 Å². The maximum Gasteiger partial charge on any atom is 0.330 e. The van der Waals surface area contributed by atoms with Crippen molar-refractivity contribution in [2.75, 3.05) is 6.61 Å². The lowest BCUT2D eigenvalue weighted by Gasteiger charge is -1.94. The van der Waals surface area contributed by atoms with Crippen LogP contribution in [0.3, 0.4) is 0 Å². The molecule has 0 N–H and O–H groups in total. The third-order valence-electron chi connectivity index (χ3n) is 1.56. The molecule has 2 nitrogen and oxygen atoms in total. The smallest absolute Gasteiger partial charge is 0.330 e. The fourth-order valence-corrected chi connectivity index (χ4v) is 1.71. The molecule has 0 saturated carbocycles. The summed E-state index contributed by atoms with van der Waals surface area (Å²) >= 11 is 1.62. The van der Waals surface area contributed by atoms with Gasteiger partial charge in [0, 0.05) is 11.0 Å². The van der Waals surface area contributed by atoms with E-state index in [2.05, 4.69) is 0 Å². The van der Waals surface area contributed by atoms with Gasteiger partial charge in [-0.05, 0) is 36.9 Å². The van der Waals surface area contributed by atoms with Crippen LogP contribution < -0.4 is 0 Å². The number of hydrogen-bond donors (Lipinski definition) is 0. The first-order chi connectivity index (χ1) is 6.24. The van der Waals surface area contributed by atoms with Gasteiger partial charge in [0.2, 0.25) is 0 Å². The molecule has 0 aromatic carbocycles. The first-order valence-corrected chi connectivity index (χ1v) is 5.01. The maximum absolute atomic E-state index is 10.9. The molecule has 0 bridgehead atoms. The normalized spacial score (nSPS) is 10.6. The second kappa shape index (κ2) is 4.82. The summed E-state index contributed by atoms with van der Waals surface area (Å²) in [4.78, 5) is 12.0. The molecule has 0 aliphatic heterocycles. The van der Waals surface area contributed by atoms with E-state index in [9.17, 15) is 4.79 Å². The van der Waals surface area contributed by atoms with E-state index < -0.39 is 0 Å². The lowest BCUT2D eigenvalue weighted by atomic mass is 10.3. The van der Waals surface area contributed by atoms with Gasteiger partial charge < -0.3 is 4.74 Å². The van der Waals surface area contributed by atoms with Crippen LogP contribution in [0.25, 0.3) is 6.08 Å². The largest absolute Gasteiger partial charge is 0.463 e. The fourth-order valence-electron chi connectivity index (χ4n) is 0.889. The van der Waals surface area contributed by atoms with Gasteiger partial charge in [-0.25, -0.2) is 4.79 Å². The third-order valence-corrected chi connectivity index (χ3v) is 2.54. The van der Waals surface area contributed by atoms with E-state index in [0.29, 0.717) is 6.61 Å². The van der Waals surface area contributed by atoms with Crippen molar-refractivity contribution >= 4 is 23.4 Å². The number of thiophene rings is 1. The number of rotatable bonds is 3. The van der Waals surface area contributed by atoms with Gasteiger partial charge in [0.25, 0.3) is 0 Å². The van der Waals surface area contributed by atoms with Crippen LogP contribution >= 0.6 is 11.3 Å². The molecular weight excluding hydrogens is 184 g/mol. The van der Waals surface area contributed by atoms with Crippen molar-refractivity contribution in [2.24, 2.45) is 0 Å². The summed E-state index contributed by atoms with van der Waals surface area (Å²) in [5.74, 6) is -0.282. The van der Waals surface area contributed by atoms with Gasteiger partial charge in [-0.3, -0.25) is 0 Å². The monoisotopic (exact) mass is 196 g/mol. The van der Waals surface area contributed by atoms with Crippen molar-refractivity contribution in [3.8, 4) is 0 Å². The number of carbonyl (C=O) groups excluding carboxylic acids is 1. The second-order valence-corrected chi connectivity index (χ2v) is 3.50. The van der Waals surface area contributed by atoms with Crippen LogP contribution in [0.5, 0.6) is 0 Å². The van der Waals surface area contributed by atoms with E-state index in [-0.39, 0.29) is 5.97 Å². The first-order valence-electron chi connectivity index (χ1n) is 4.13. The van der Waals surface area contributed by atoms with E-state index in [1.54, 1.807) is 24.3 Å². The molecule has 0 aliphatic rings. The molecule has 1 aromatic heterocycles. The highest BCUT2D eigenvalue weighted by Crippen LogP contribution is 2.16. The molecule has 0 aliphatic carbocycles. The zero-order valence-electron chi connectivity index (χ0n) is 7.74. The Balaban J connectivity index is 2.58. The minimum Gasteiger partial charge on any atom is -0.463 e. The molecule has 1 heterocycles. The molecule has 1 aromatic rings. The lowest BCUT2D eigenvalue weighted by Crippen LogP contribution is -1.98. The van der Waals surface area contributed by atoms with E-state index in [1.165, 1.54) is 11.6 Å². The average Bonchev–Trinajstić information content (AvgIpc) is 2.48. The Morgan fingerprint density at radius 1 is 1.69 bits per heavy atom. The summed E-state index contributed by atoms with van der Waals surface area (Å²) in [6, 6.07) is 2.02. The van der Waals surface area contributed by atoms with E-state index in [1.807, 2.05) is 18.4 Å². The fraction of sp³-hybridized carbons (Fsp3) is 0.300. The summed E-state index contributed by atoms with van der Waals surface area (Å²) in [6.45, 7) is 4.23. The molecule has 0 atom stereocenters. The predicted octanol–water partition coefficient (Wildman–Crippen LogP) is 2.63.